The van der Waals surface area contributed by atoms with E-state index in [1.165, 1.54) is 25.7 Å². The summed E-state index contributed by atoms with van der Waals surface area (Å²) in [5.74, 6) is 0.0562. The van der Waals surface area contributed by atoms with Crippen molar-refractivity contribution in [3.05, 3.63) is 41.7 Å². The monoisotopic (exact) mass is 340 g/mol. The van der Waals surface area contributed by atoms with E-state index >= 15 is 0 Å². The Morgan fingerprint density at radius 3 is 2.36 bits per heavy atom. The van der Waals surface area contributed by atoms with Crippen molar-refractivity contribution in [3.8, 4) is 5.69 Å². The number of carbonyl (C=O) groups excluding carboxylic acids is 1. The minimum Gasteiger partial charge on any atom is -0.322 e. The van der Waals surface area contributed by atoms with Gasteiger partial charge in [-0.05, 0) is 58.8 Å². The number of rotatable bonds is 4. The van der Waals surface area contributed by atoms with E-state index in [4.69, 9.17) is 0 Å². The number of amides is 1. The summed E-state index contributed by atoms with van der Waals surface area (Å²) in [5.41, 5.74) is 3.64. The first-order valence-electron chi connectivity index (χ1n) is 9.24. The van der Waals surface area contributed by atoms with Gasteiger partial charge < -0.3 is 5.32 Å². The van der Waals surface area contributed by atoms with Gasteiger partial charge in [-0.25, -0.2) is 4.68 Å². The molecule has 0 aliphatic carbocycles. The third kappa shape index (κ3) is 3.93. The summed E-state index contributed by atoms with van der Waals surface area (Å²) in [5, 5.41) is 7.73. The van der Waals surface area contributed by atoms with Crippen LogP contribution in [0.25, 0.3) is 5.69 Å². The molecule has 1 atom stereocenters. The number of aromatic nitrogens is 2. The number of hydrogen-bond donors (Lipinski definition) is 1. The summed E-state index contributed by atoms with van der Waals surface area (Å²) in [6, 6.07) is 9.89. The first kappa shape index (κ1) is 17.7. The highest BCUT2D eigenvalue weighted by molar-refractivity contribution is 5.95. The van der Waals surface area contributed by atoms with Crippen molar-refractivity contribution in [2.24, 2.45) is 0 Å². The van der Waals surface area contributed by atoms with E-state index in [1.807, 2.05) is 55.8 Å². The van der Waals surface area contributed by atoms with Gasteiger partial charge in [0.1, 0.15) is 0 Å². The first-order valence-corrected chi connectivity index (χ1v) is 9.24. The fourth-order valence-electron chi connectivity index (χ4n) is 3.52. The van der Waals surface area contributed by atoms with Crippen LogP contribution in [0.4, 0.5) is 5.69 Å². The van der Waals surface area contributed by atoms with E-state index in [1.54, 1.807) is 0 Å². The molecule has 1 aliphatic rings. The van der Waals surface area contributed by atoms with Gasteiger partial charge in [-0.15, -0.1) is 0 Å². The van der Waals surface area contributed by atoms with Crippen LogP contribution in [-0.4, -0.2) is 39.7 Å². The van der Waals surface area contributed by atoms with Crippen LogP contribution >= 0.6 is 0 Å². The highest BCUT2D eigenvalue weighted by Gasteiger charge is 2.24. The van der Waals surface area contributed by atoms with Gasteiger partial charge in [-0.1, -0.05) is 31.0 Å². The van der Waals surface area contributed by atoms with Crippen molar-refractivity contribution in [2.45, 2.75) is 52.5 Å². The SMILES string of the molecule is Cc1nn(-c2ccccc2)c(C)c1NC(=O)[C@@H](C)N1CCCCCC1. The second-order valence-electron chi connectivity index (χ2n) is 6.91. The average Bonchev–Trinajstić information content (AvgIpc) is 2.83. The van der Waals surface area contributed by atoms with Crippen molar-refractivity contribution in [3.63, 3.8) is 0 Å². The number of anilines is 1. The molecule has 1 amide bonds. The smallest absolute Gasteiger partial charge is 0.241 e. The number of para-hydroxylation sites is 1. The summed E-state index contributed by atoms with van der Waals surface area (Å²) in [4.78, 5) is 15.1. The molecular formula is C20H28N4O. The van der Waals surface area contributed by atoms with Crippen LogP contribution in [0.15, 0.2) is 30.3 Å². The molecule has 0 bridgehead atoms. The number of likely N-dealkylation sites (tertiary alicyclic amines) is 1. The van der Waals surface area contributed by atoms with E-state index in [-0.39, 0.29) is 11.9 Å². The molecule has 1 aromatic carbocycles. The predicted molar refractivity (Wildman–Crippen MR) is 101 cm³/mol. The van der Waals surface area contributed by atoms with E-state index in [0.29, 0.717) is 0 Å². The lowest BCUT2D eigenvalue weighted by molar-refractivity contribution is -0.120. The van der Waals surface area contributed by atoms with Gasteiger partial charge in [0.05, 0.1) is 28.8 Å². The van der Waals surface area contributed by atoms with E-state index in [9.17, 15) is 4.79 Å². The fraction of sp³-hybridized carbons (Fsp3) is 0.500. The maximum atomic E-state index is 12.8. The maximum absolute atomic E-state index is 12.8. The Morgan fingerprint density at radius 1 is 1.08 bits per heavy atom. The van der Waals surface area contributed by atoms with Crippen molar-refractivity contribution in [1.29, 1.82) is 0 Å². The van der Waals surface area contributed by atoms with Gasteiger partial charge >= 0.3 is 0 Å². The van der Waals surface area contributed by atoms with Crippen LogP contribution in [0.3, 0.4) is 0 Å². The summed E-state index contributed by atoms with van der Waals surface area (Å²) in [6.45, 7) is 7.97. The van der Waals surface area contributed by atoms with Gasteiger partial charge in [0.2, 0.25) is 5.91 Å². The van der Waals surface area contributed by atoms with Crippen molar-refractivity contribution in [2.75, 3.05) is 18.4 Å². The molecule has 5 nitrogen and oxygen atoms in total. The van der Waals surface area contributed by atoms with Gasteiger partial charge in [0, 0.05) is 0 Å². The quantitative estimate of drug-likeness (QED) is 0.923. The second-order valence-corrected chi connectivity index (χ2v) is 6.91. The average molecular weight is 340 g/mol. The Hall–Kier alpha value is -2.14. The third-order valence-electron chi connectivity index (χ3n) is 5.11. The highest BCUT2D eigenvalue weighted by Crippen LogP contribution is 2.23. The zero-order valence-corrected chi connectivity index (χ0v) is 15.5. The fourth-order valence-corrected chi connectivity index (χ4v) is 3.52. The zero-order chi connectivity index (χ0) is 17.8. The van der Waals surface area contributed by atoms with Crippen molar-refractivity contribution in [1.82, 2.24) is 14.7 Å². The number of aryl methyl sites for hydroxylation is 1. The standard InChI is InChI=1S/C20H28N4O/c1-15-19(16(2)24(22-15)18-11-7-6-8-12-18)21-20(25)17(3)23-13-9-4-5-10-14-23/h6-8,11-12,17H,4-5,9-10,13-14H2,1-3H3,(H,21,25)/t17-/m1/s1. The van der Waals surface area contributed by atoms with Gasteiger partial charge in [-0.2, -0.15) is 5.10 Å². The maximum Gasteiger partial charge on any atom is 0.241 e. The molecule has 1 N–H and O–H groups in total. The van der Waals surface area contributed by atoms with Crippen molar-refractivity contribution >= 4 is 11.6 Å². The van der Waals surface area contributed by atoms with Gasteiger partial charge in [-0.3, -0.25) is 9.69 Å². The molecule has 134 valence electrons. The predicted octanol–water partition coefficient (Wildman–Crippen LogP) is 3.69. The lowest BCUT2D eigenvalue weighted by Crippen LogP contribution is -2.42. The molecule has 1 saturated heterocycles. The molecule has 3 rings (SSSR count). The largest absolute Gasteiger partial charge is 0.322 e. The molecule has 2 heterocycles. The topological polar surface area (TPSA) is 50.2 Å². The molecule has 5 heteroatoms. The van der Waals surface area contributed by atoms with E-state index < -0.39 is 0 Å². The molecule has 1 fully saturated rings. The Labute approximate surface area is 150 Å². The molecular weight excluding hydrogens is 312 g/mol. The Morgan fingerprint density at radius 2 is 1.72 bits per heavy atom. The minimum atomic E-state index is -0.114. The Bertz CT molecular complexity index is 715. The molecule has 0 spiro atoms. The van der Waals surface area contributed by atoms with Crippen LogP contribution in [0.1, 0.15) is 44.0 Å². The normalized spacial score (nSPS) is 17.1. The summed E-state index contributed by atoms with van der Waals surface area (Å²) in [7, 11) is 0. The molecule has 25 heavy (non-hydrogen) atoms. The molecule has 1 aliphatic heterocycles. The zero-order valence-electron chi connectivity index (χ0n) is 15.5. The van der Waals surface area contributed by atoms with Gasteiger partial charge in [0.15, 0.2) is 0 Å². The molecule has 2 aromatic rings. The summed E-state index contributed by atoms with van der Waals surface area (Å²) in [6.07, 6.45) is 4.91. The van der Waals surface area contributed by atoms with Crippen LogP contribution in [0, 0.1) is 13.8 Å². The Balaban J connectivity index is 1.76. The number of benzene rings is 1. The van der Waals surface area contributed by atoms with Crippen LogP contribution in [-0.2, 0) is 4.79 Å². The minimum absolute atomic E-state index is 0.0562. The van der Waals surface area contributed by atoms with Crippen molar-refractivity contribution < 1.29 is 4.79 Å². The number of nitrogens with one attached hydrogen (secondary N) is 1. The third-order valence-corrected chi connectivity index (χ3v) is 5.11. The molecule has 0 saturated carbocycles. The number of carbonyl (C=O) groups is 1. The molecule has 0 unspecified atom stereocenters. The van der Waals surface area contributed by atoms with Crippen LogP contribution in [0.5, 0.6) is 0 Å². The number of nitrogens with zero attached hydrogens (tertiary/aromatic N) is 3. The highest BCUT2D eigenvalue weighted by atomic mass is 16.2. The second kappa shape index (κ2) is 7.83. The van der Waals surface area contributed by atoms with Crippen LogP contribution in [0.2, 0.25) is 0 Å². The lowest BCUT2D eigenvalue weighted by Gasteiger charge is -2.26. The first-order chi connectivity index (χ1) is 12.1. The summed E-state index contributed by atoms with van der Waals surface area (Å²) >= 11 is 0. The Kier molecular flexibility index (Phi) is 5.53. The lowest BCUT2D eigenvalue weighted by atomic mass is 10.2. The molecule has 1 aromatic heterocycles. The van der Waals surface area contributed by atoms with E-state index in [0.717, 1.165) is 35.9 Å². The van der Waals surface area contributed by atoms with Crippen LogP contribution < -0.4 is 5.32 Å². The summed E-state index contributed by atoms with van der Waals surface area (Å²) < 4.78 is 1.89. The number of hydrogen-bond acceptors (Lipinski definition) is 3. The van der Waals surface area contributed by atoms with Gasteiger partial charge in [0.25, 0.3) is 0 Å². The van der Waals surface area contributed by atoms with E-state index in [2.05, 4.69) is 15.3 Å². The molecule has 0 radical (unpaired) electrons.